The zero-order chi connectivity index (χ0) is 13.0. The molecule has 0 fully saturated rings. The van der Waals surface area contributed by atoms with Crippen LogP contribution in [0.4, 0.5) is 4.39 Å². The molecule has 0 spiro atoms. The second kappa shape index (κ2) is 5.03. The fourth-order valence-corrected chi connectivity index (χ4v) is 1.63. The number of phenolic OH excluding ortho intramolecular Hbond substituents is 1. The Bertz CT molecular complexity index is 672. The first-order valence-corrected chi connectivity index (χ1v) is 5.20. The first kappa shape index (κ1) is 11.7. The third-order valence-electron chi connectivity index (χ3n) is 2.52. The molecule has 1 N–H and O–H groups in total. The number of nitriles is 1. The largest absolute Gasteiger partial charge is 0.508 e. The maximum absolute atomic E-state index is 12.1. The highest BCUT2D eigenvalue weighted by Gasteiger charge is 2.03. The van der Waals surface area contributed by atoms with Crippen LogP contribution in [0, 0.1) is 23.4 Å². The van der Waals surface area contributed by atoms with Crippen LogP contribution in [0.3, 0.4) is 0 Å². The molecule has 0 radical (unpaired) electrons. The Morgan fingerprint density at radius 2 is 1.61 bits per heavy atom. The van der Waals surface area contributed by atoms with Crippen LogP contribution >= 0.6 is 0 Å². The third kappa shape index (κ3) is 2.31. The van der Waals surface area contributed by atoms with E-state index in [0.29, 0.717) is 11.1 Å². The van der Waals surface area contributed by atoms with Crippen LogP contribution in [-0.4, -0.2) is 5.11 Å². The molecule has 0 atom stereocenters. The summed E-state index contributed by atoms with van der Waals surface area (Å²) in [5, 5.41) is 18.1. The van der Waals surface area contributed by atoms with Crippen molar-refractivity contribution < 1.29 is 9.50 Å². The van der Waals surface area contributed by atoms with E-state index >= 15 is 0 Å². The standard InChI is InChI=1S/C15H8FNO/c16-8-7-13-9-12(1-2-14(13)10-17)11-3-5-15(18)6-4-11/h1-6,9,18H. The second-order valence-electron chi connectivity index (χ2n) is 3.64. The van der Waals surface area contributed by atoms with Gasteiger partial charge in [-0.1, -0.05) is 18.2 Å². The predicted molar refractivity (Wildman–Crippen MR) is 66.2 cm³/mol. The summed E-state index contributed by atoms with van der Waals surface area (Å²) in [5.74, 6) is 2.44. The fraction of sp³-hybridized carbons (Fsp3) is 0. The van der Waals surface area contributed by atoms with Gasteiger partial charge < -0.3 is 5.11 Å². The Morgan fingerprint density at radius 3 is 2.22 bits per heavy atom. The molecule has 0 unspecified atom stereocenters. The molecule has 2 nitrogen and oxygen atoms in total. The quantitative estimate of drug-likeness (QED) is 0.774. The van der Waals surface area contributed by atoms with Crippen LogP contribution in [0.1, 0.15) is 11.1 Å². The number of hydrogen-bond acceptors (Lipinski definition) is 2. The minimum absolute atomic E-state index is 0.177. The van der Waals surface area contributed by atoms with Gasteiger partial charge in [-0.15, -0.1) is 4.39 Å². The first-order valence-electron chi connectivity index (χ1n) is 5.20. The van der Waals surface area contributed by atoms with Crippen molar-refractivity contribution in [1.82, 2.24) is 0 Å². The van der Waals surface area contributed by atoms with Gasteiger partial charge in [0.05, 0.1) is 5.56 Å². The zero-order valence-electron chi connectivity index (χ0n) is 9.31. The smallest absolute Gasteiger partial charge is 0.115 e. The lowest BCUT2D eigenvalue weighted by molar-refractivity contribution is 0.475. The molecule has 2 rings (SSSR count). The molecule has 86 valence electrons. The van der Waals surface area contributed by atoms with Gasteiger partial charge in [-0.3, -0.25) is 0 Å². The average molecular weight is 237 g/mol. The summed E-state index contributed by atoms with van der Waals surface area (Å²) >= 11 is 0. The van der Waals surface area contributed by atoms with E-state index in [1.165, 1.54) is 6.17 Å². The number of benzene rings is 2. The highest BCUT2D eigenvalue weighted by molar-refractivity contribution is 5.68. The first-order chi connectivity index (χ1) is 8.74. The van der Waals surface area contributed by atoms with E-state index in [-0.39, 0.29) is 5.75 Å². The maximum Gasteiger partial charge on any atom is 0.115 e. The number of rotatable bonds is 1. The van der Waals surface area contributed by atoms with Crippen LogP contribution in [-0.2, 0) is 0 Å². The highest BCUT2D eigenvalue weighted by atomic mass is 19.1. The Hall–Kier alpha value is -2.78. The van der Waals surface area contributed by atoms with Gasteiger partial charge in [0, 0.05) is 5.56 Å². The van der Waals surface area contributed by atoms with Crippen molar-refractivity contribution in [3.63, 3.8) is 0 Å². The number of hydrogen-bond donors (Lipinski definition) is 1. The van der Waals surface area contributed by atoms with E-state index in [2.05, 4.69) is 5.92 Å². The van der Waals surface area contributed by atoms with E-state index in [1.807, 2.05) is 6.07 Å². The van der Waals surface area contributed by atoms with Crippen molar-refractivity contribution in [2.45, 2.75) is 0 Å². The summed E-state index contributed by atoms with van der Waals surface area (Å²) in [6, 6.07) is 13.6. The number of nitrogens with zero attached hydrogens (tertiary/aromatic N) is 1. The van der Waals surface area contributed by atoms with Crippen LogP contribution in [0.5, 0.6) is 5.75 Å². The summed E-state index contributed by atoms with van der Waals surface area (Å²) in [6.07, 6.45) is 1.31. The molecule has 0 saturated heterocycles. The molecule has 0 aliphatic heterocycles. The average Bonchev–Trinajstić information content (AvgIpc) is 2.40. The maximum atomic E-state index is 12.1. The van der Waals surface area contributed by atoms with E-state index in [9.17, 15) is 9.50 Å². The Balaban J connectivity index is 2.52. The summed E-state index contributed by atoms with van der Waals surface area (Å²) in [5.41, 5.74) is 2.36. The number of phenols is 1. The molecular formula is C15H8FNO. The number of aromatic hydroxyl groups is 1. The van der Waals surface area contributed by atoms with Crippen molar-refractivity contribution >= 4 is 0 Å². The molecule has 0 aliphatic carbocycles. The van der Waals surface area contributed by atoms with E-state index in [1.54, 1.807) is 42.5 Å². The lowest BCUT2D eigenvalue weighted by Gasteiger charge is -2.03. The Morgan fingerprint density at radius 1 is 0.944 bits per heavy atom. The van der Waals surface area contributed by atoms with Gasteiger partial charge in [0.15, 0.2) is 0 Å². The molecule has 0 heterocycles. The Labute approximate surface area is 104 Å². The summed E-state index contributed by atoms with van der Waals surface area (Å²) in [7, 11) is 0. The molecule has 3 heteroatoms. The lowest BCUT2D eigenvalue weighted by atomic mass is 10.00. The van der Waals surface area contributed by atoms with Crippen LogP contribution < -0.4 is 0 Å². The second-order valence-corrected chi connectivity index (χ2v) is 3.64. The molecule has 2 aromatic rings. The van der Waals surface area contributed by atoms with Crippen molar-refractivity contribution in [2.24, 2.45) is 0 Å². The third-order valence-corrected chi connectivity index (χ3v) is 2.52. The van der Waals surface area contributed by atoms with Crippen molar-refractivity contribution in [3.8, 4) is 35.0 Å². The van der Waals surface area contributed by atoms with Crippen LogP contribution in [0.25, 0.3) is 11.1 Å². The monoisotopic (exact) mass is 237 g/mol. The van der Waals surface area contributed by atoms with Gasteiger partial charge in [0.2, 0.25) is 0 Å². The molecular weight excluding hydrogens is 229 g/mol. The minimum atomic E-state index is 0.177. The van der Waals surface area contributed by atoms with Gasteiger partial charge in [-0.2, -0.15) is 5.26 Å². The van der Waals surface area contributed by atoms with Crippen LogP contribution in [0.2, 0.25) is 0 Å². The molecule has 0 aliphatic rings. The molecule has 18 heavy (non-hydrogen) atoms. The topological polar surface area (TPSA) is 44.0 Å². The van der Waals surface area contributed by atoms with Gasteiger partial charge >= 0.3 is 0 Å². The predicted octanol–water partition coefficient (Wildman–Crippen LogP) is 3.21. The number of halogens is 1. The SMILES string of the molecule is N#Cc1ccc(-c2ccc(O)cc2)cc1C#CF. The fourth-order valence-electron chi connectivity index (χ4n) is 1.63. The van der Waals surface area contributed by atoms with E-state index in [0.717, 1.165) is 11.1 Å². The molecule has 0 aromatic heterocycles. The highest BCUT2D eigenvalue weighted by Crippen LogP contribution is 2.24. The summed E-state index contributed by atoms with van der Waals surface area (Å²) in [4.78, 5) is 0. The van der Waals surface area contributed by atoms with Gasteiger partial charge in [0.25, 0.3) is 0 Å². The van der Waals surface area contributed by atoms with Gasteiger partial charge in [0.1, 0.15) is 18.0 Å². The van der Waals surface area contributed by atoms with E-state index < -0.39 is 0 Å². The minimum Gasteiger partial charge on any atom is -0.508 e. The van der Waals surface area contributed by atoms with Crippen LogP contribution in [0.15, 0.2) is 42.5 Å². The van der Waals surface area contributed by atoms with Gasteiger partial charge in [-0.05, 0) is 41.3 Å². The molecule has 0 amide bonds. The Kier molecular flexibility index (Phi) is 3.27. The summed E-state index contributed by atoms with van der Waals surface area (Å²) in [6.45, 7) is 0. The molecule has 0 bridgehead atoms. The molecule has 2 aromatic carbocycles. The van der Waals surface area contributed by atoms with Crippen molar-refractivity contribution in [2.75, 3.05) is 0 Å². The zero-order valence-corrected chi connectivity index (χ0v) is 9.31. The van der Waals surface area contributed by atoms with Crippen molar-refractivity contribution in [3.05, 3.63) is 53.6 Å². The normalized spacial score (nSPS) is 9.11. The lowest BCUT2D eigenvalue weighted by Crippen LogP contribution is -1.86. The summed E-state index contributed by atoms with van der Waals surface area (Å²) < 4.78 is 12.1. The van der Waals surface area contributed by atoms with E-state index in [4.69, 9.17) is 5.26 Å². The molecule has 0 saturated carbocycles. The van der Waals surface area contributed by atoms with Gasteiger partial charge in [-0.25, -0.2) is 0 Å². The van der Waals surface area contributed by atoms with Crippen molar-refractivity contribution in [1.29, 1.82) is 5.26 Å².